The van der Waals surface area contributed by atoms with Crippen LogP contribution in [0.4, 0.5) is 5.69 Å². The second-order valence-corrected chi connectivity index (χ2v) is 6.50. The number of halogens is 1. The van der Waals surface area contributed by atoms with E-state index in [4.69, 9.17) is 9.47 Å². The van der Waals surface area contributed by atoms with Gasteiger partial charge in [-0.25, -0.2) is 4.79 Å². The normalized spacial score (nSPS) is 10.3. The SMILES string of the molecule is CCCc1ccc(OCC(=O)Nc2ccc(C(=O)OCC)cc2)c(Br)c1. The van der Waals surface area contributed by atoms with E-state index >= 15 is 0 Å². The van der Waals surface area contributed by atoms with E-state index in [2.05, 4.69) is 28.2 Å². The largest absolute Gasteiger partial charge is 0.483 e. The van der Waals surface area contributed by atoms with Crippen molar-refractivity contribution in [2.24, 2.45) is 0 Å². The van der Waals surface area contributed by atoms with Crippen molar-refractivity contribution in [3.8, 4) is 5.75 Å². The van der Waals surface area contributed by atoms with Gasteiger partial charge in [-0.05, 0) is 71.2 Å². The molecular weight excluding hydrogens is 398 g/mol. The van der Waals surface area contributed by atoms with Gasteiger partial charge < -0.3 is 14.8 Å². The number of esters is 1. The highest BCUT2D eigenvalue weighted by Crippen LogP contribution is 2.26. The third-order valence-electron chi connectivity index (χ3n) is 3.57. The number of nitrogens with one attached hydrogen (secondary N) is 1. The molecule has 0 fully saturated rings. The number of benzene rings is 2. The van der Waals surface area contributed by atoms with E-state index in [0.717, 1.165) is 17.3 Å². The molecule has 0 aliphatic carbocycles. The van der Waals surface area contributed by atoms with E-state index in [-0.39, 0.29) is 18.5 Å². The fourth-order valence-corrected chi connectivity index (χ4v) is 2.89. The second-order valence-electron chi connectivity index (χ2n) is 5.65. The van der Waals surface area contributed by atoms with Gasteiger partial charge in [0.1, 0.15) is 5.75 Å². The first-order valence-electron chi connectivity index (χ1n) is 8.51. The van der Waals surface area contributed by atoms with Gasteiger partial charge in [-0.15, -0.1) is 0 Å². The lowest BCUT2D eigenvalue weighted by atomic mass is 10.1. The van der Waals surface area contributed by atoms with Crippen molar-refractivity contribution >= 4 is 33.5 Å². The molecule has 0 aliphatic heterocycles. The highest BCUT2D eigenvalue weighted by molar-refractivity contribution is 9.10. The van der Waals surface area contributed by atoms with Crippen molar-refractivity contribution in [3.05, 3.63) is 58.1 Å². The predicted molar refractivity (Wildman–Crippen MR) is 105 cm³/mol. The summed E-state index contributed by atoms with van der Waals surface area (Å²) < 4.78 is 11.3. The first-order valence-corrected chi connectivity index (χ1v) is 9.31. The highest BCUT2D eigenvalue weighted by atomic mass is 79.9. The summed E-state index contributed by atoms with van der Waals surface area (Å²) in [7, 11) is 0. The third kappa shape index (κ3) is 5.88. The van der Waals surface area contributed by atoms with Gasteiger partial charge in [0.05, 0.1) is 16.6 Å². The number of rotatable bonds is 8. The van der Waals surface area contributed by atoms with Crippen molar-refractivity contribution in [1.82, 2.24) is 0 Å². The topological polar surface area (TPSA) is 64.6 Å². The summed E-state index contributed by atoms with van der Waals surface area (Å²) in [6.07, 6.45) is 2.07. The van der Waals surface area contributed by atoms with E-state index in [1.807, 2.05) is 18.2 Å². The lowest BCUT2D eigenvalue weighted by molar-refractivity contribution is -0.118. The smallest absolute Gasteiger partial charge is 0.338 e. The zero-order valence-electron chi connectivity index (χ0n) is 14.9. The van der Waals surface area contributed by atoms with Gasteiger partial charge in [-0.1, -0.05) is 19.4 Å². The maximum atomic E-state index is 12.0. The van der Waals surface area contributed by atoms with Gasteiger partial charge in [0, 0.05) is 5.69 Å². The molecule has 0 bridgehead atoms. The molecule has 2 aromatic rings. The summed E-state index contributed by atoms with van der Waals surface area (Å²) in [6, 6.07) is 12.4. The summed E-state index contributed by atoms with van der Waals surface area (Å²) in [5, 5.41) is 2.73. The monoisotopic (exact) mass is 419 g/mol. The molecule has 2 rings (SSSR count). The quantitative estimate of drug-likeness (QED) is 0.635. The Hall–Kier alpha value is -2.34. The maximum Gasteiger partial charge on any atom is 0.338 e. The van der Waals surface area contributed by atoms with Crippen LogP contribution in [0.15, 0.2) is 46.9 Å². The standard InChI is InChI=1S/C20H22BrNO4/c1-3-5-14-6-11-18(17(21)12-14)26-13-19(23)22-16-9-7-15(8-10-16)20(24)25-4-2/h6-12H,3-5,13H2,1-2H3,(H,22,23). The summed E-state index contributed by atoms with van der Waals surface area (Å²) >= 11 is 3.47. The van der Waals surface area contributed by atoms with E-state index in [1.165, 1.54) is 5.56 Å². The number of carbonyl (C=O) groups excluding carboxylic acids is 2. The van der Waals surface area contributed by atoms with Crippen LogP contribution in [0.3, 0.4) is 0 Å². The zero-order chi connectivity index (χ0) is 18.9. The van der Waals surface area contributed by atoms with Crippen LogP contribution in [-0.4, -0.2) is 25.1 Å². The molecule has 26 heavy (non-hydrogen) atoms. The van der Waals surface area contributed by atoms with Crippen LogP contribution in [0, 0.1) is 0 Å². The summed E-state index contributed by atoms with van der Waals surface area (Å²) in [6.45, 7) is 4.10. The van der Waals surface area contributed by atoms with E-state index in [0.29, 0.717) is 23.6 Å². The number of aryl methyl sites for hydroxylation is 1. The van der Waals surface area contributed by atoms with Crippen LogP contribution < -0.4 is 10.1 Å². The molecule has 0 unspecified atom stereocenters. The molecule has 138 valence electrons. The van der Waals surface area contributed by atoms with Gasteiger partial charge in [0.2, 0.25) is 0 Å². The average molecular weight is 420 g/mol. The van der Waals surface area contributed by atoms with E-state index < -0.39 is 0 Å². The zero-order valence-corrected chi connectivity index (χ0v) is 16.5. The number of anilines is 1. The molecule has 0 radical (unpaired) electrons. The minimum absolute atomic E-state index is 0.106. The van der Waals surface area contributed by atoms with Gasteiger partial charge in [-0.3, -0.25) is 4.79 Å². The molecule has 1 amide bonds. The Morgan fingerprint density at radius 1 is 1.08 bits per heavy atom. The van der Waals surface area contributed by atoms with Crippen LogP contribution in [0.5, 0.6) is 5.75 Å². The fourth-order valence-electron chi connectivity index (χ4n) is 2.35. The lowest BCUT2D eigenvalue weighted by Gasteiger charge is -2.10. The van der Waals surface area contributed by atoms with Gasteiger partial charge in [0.25, 0.3) is 5.91 Å². The lowest BCUT2D eigenvalue weighted by Crippen LogP contribution is -2.20. The average Bonchev–Trinajstić information content (AvgIpc) is 2.62. The number of amides is 1. The Kier molecular flexibility index (Phi) is 7.66. The summed E-state index contributed by atoms with van der Waals surface area (Å²) in [4.78, 5) is 23.6. The molecule has 0 heterocycles. The Bertz CT molecular complexity index is 759. The van der Waals surface area contributed by atoms with Gasteiger partial charge in [-0.2, -0.15) is 0 Å². The van der Waals surface area contributed by atoms with Crippen molar-refractivity contribution < 1.29 is 19.1 Å². The molecule has 0 aromatic heterocycles. The molecule has 0 spiro atoms. The molecule has 0 saturated carbocycles. The van der Waals surface area contributed by atoms with Crippen LogP contribution in [0.2, 0.25) is 0 Å². The predicted octanol–water partition coefficient (Wildman–Crippen LogP) is 4.60. The second kappa shape index (κ2) is 9.97. The molecule has 0 saturated heterocycles. The van der Waals surface area contributed by atoms with Crippen LogP contribution in [-0.2, 0) is 16.0 Å². The molecule has 0 aliphatic rings. The Labute approximate surface area is 161 Å². The first kappa shape index (κ1) is 20.0. The number of hydrogen-bond acceptors (Lipinski definition) is 4. The first-order chi connectivity index (χ1) is 12.5. The number of ether oxygens (including phenoxy) is 2. The Morgan fingerprint density at radius 2 is 1.81 bits per heavy atom. The minimum Gasteiger partial charge on any atom is -0.483 e. The molecule has 2 aromatic carbocycles. The molecule has 5 nitrogen and oxygen atoms in total. The van der Waals surface area contributed by atoms with Crippen molar-refractivity contribution in [1.29, 1.82) is 0 Å². The van der Waals surface area contributed by atoms with Gasteiger partial charge in [0.15, 0.2) is 6.61 Å². The fraction of sp³-hybridized carbons (Fsp3) is 0.300. The summed E-state index contributed by atoms with van der Waals surface area (Å²) in [5.74, 6) is -0.0406. The van der Waals surface area contributed by atoms with Crippen LogP contribution >= 0.6 is 15.9 Å². The molecule has 0 atom stereocenters. The molecular formula is C20H22BrNO4. The van der Waals surface area contributed by atoms with Gasteiger partial charge >= 0.3 is 5.97 Å². The maximum absolute atomic E-state index is 12.0. The molecule has 6 heteroatoms. The summed E-state index contributed by atoms with van der Waals surface area (Å²) in [5.41, 5.74) is 2.25. The van der Waals surface area contributed by atoms with Crippen molar-refractivity contribution in [2.75, 3.05) is 18.5 Å². The van der Waals surface area contributed by atoms with E-state index in [1.54, 1.807) is 31.2 Å². The minimum atomic E-state index is -0.384. The van der Waals surface area contributed by atoms with Crippen molar-refractivity contribution in [3.63, 3.8) is 0 Å². The third-order valence-corrected chi connectivity index (χ3v) is 4.19. The van der Waals surface area contributed by atoms with Crippen LogP contribution in [0.1, 0.15) is 36.2 Å². The van der Waals surface area contributed by atoms with Crippen LogP contribution in [0.25, 0.3) is 0 Å². The Morgan fingerprint density at radius 3 is 2.42 bits per heavy atom. The van der Waals surface area contributed by atoms with E-state index in [9.17, 15) is 9.59 Å². The van der Waals surface area contributed by atoms with Crippen molar-refractivity contribution in [2.45, 2.75) is 26.7 Å². The highest BCUT2D eigenvalue weighted by Gasteiger charge is 2.09. The molecule has 1 N–H and O–H groups in total. The number of carbonyl (C=O) groups is 2. The Balaban J connectivity index is 1.88. The number of hydrogen-bond donors (Lipinski definition) is 1.